The Balaban J connectivity index is 0.00000289. The summed E-state index contributed by atoms with van der Waals surface area (Å²) in [5.74, 6) is -9.32. The number of halogens is 5. The van der Waals surface area contributed by atoms with Gasteiger partial charge in [0.25, 0.3) is 0 Å². The van der Waals surface area contributed by atoms with E-state index in [9.17, 15) is 27.5 Å². The summed E-state index contributed by atoms with van der Waals surface area (Å²) < 4.78 is 54.3. The topological polar surface area (TPSA) is 49.4 Å². The molecule has 1 aromatic rings. The van der Waals surface area contributed by atoms with Crippen molar-refractivity contribution >= 4 is 17.6 Å². The molecule has 1 rings (SSSR count). The molecule has 3 nitrogen and oxygen atoms in total. The number of carbonyl (C=O) groups excluding carboxylic acids is 1. The summed E-state index contributed by atoms with van der Waals surface area (Å²) in [7, 11) is 0. The third kappa shape index (κ3) is 4.29. The van der Waals surface area contributed by atoms with Crippen LogP contribution in [0, 0.1) is 0 Å². The molecule has 0 unspecified atom stereocenters. The second-order valence-corrected chi connectivity index (χ2v) is 3.37. The molecule has 0 aliphatic carbocycles. The molecule has 0 aliphatic heterocycles. The smallest absolute Gasteiger partial charge is 0.544 e. The van der Waals surface area contributed by atoms with Crippen molar-refractivity contribution in [3.63, 3.8) is 0 Å². The molecular weight excluding hydrogens is 400 g/mol. The van der Waals surface area contributed by atoms with E-state index in [1.165, 1.54) is 0 Å². The zero-order valence-corrected chi connectivity index (χ0v) is 16.0. The van der Waals surface area contributed by atoms with Gasteiger partial charge in [-0.1, -0.05) is 11.6 Å². The van der Waals surface area contributed by atoms with Gasteiger partial charge in [-0.25, -0.2) is 0 Å². The van der Waals surface area contributed by atoms with Gasteiger partial charge in [0.05, 0.1) is 0 Å². The van der Waals surface area contributed by atoms with Gasteiger partial charge in [-0.2, -0.15) is 17.6 Å². The first-order chi connectivity index (χ1) is 7.67. The van der Waals surface area contributed by atoms with Crippen molar-refractivity contribution in [2.24, 2.45) is 0 Å². The number of carboxylic acid groups (broad SMARTS) is 1. The molecule has 0 aromatic heterocycles. The van der Waals surface area contributed by atoms with E-state index in [4.69, 9.17) is 11.6 Å². The molecule has 0 spiro atoms. The van der Waals surface area contributed by atoms with E-state index >= 15 is 0 Å². The summed E-state index contributed by atoms with van der Waals surface area (Å²) in [5, 5.41) is 10.0. The molecule has 0 saturated carbocycles. The standard InChI is InChI=1S/C9H5ClF4O3.Cs/c10-5-1-3-6(4-2-5)17-9(13,14)8(11,12)7(15)16;/h1-4H,(H,15,16);/q;+1/p-1. The summed E-state index contributed by atoms with van der Waals surface area (Å²) in [4.78, 5) is 9.87. The van der Waals surface area contributed by atoms with Gasteiger partial charge in [0.15, 0.2) is 0 Å². The zero-order valence-electron chi connectivity index (χ0n) is 8.92. The molecule has 0 heterocycles. The van der Waals surface area contributed by atoms with Crippen LogP contribution in [-0.2, 0) is 4.79 Å². The van der Waals surface area contributed by atoms with Crippen LogP contribution in [-0.4, -0.2) is 18.0 Å². The minimum absolute atomic E-state index is 0. The minimum Gasteiger partial charge on any atom is -0.544 e. The number of hydrogen-bond donors (Lipinski definition) is 0. The number of benzene rings is 1. The summed E-state index contributed by atoms with van der Waals surface area (Å²) in [5.41, 5.74) is 0. The first-order valence-electron chi connectivity index (χ1n) is 4.08. The third-order valence-corrected chi connectivity index (χ3v) is 1.93. The van der Waals surface area contributed by atoms with Crippen LogP contribution in [0.25, 0.3) is 0 Å². The van der Waals surface area contributed by atoms with Crippen LogP contribution < -0.4 is 78.7 Å². The van der Waals surface area contributed by atoms with Crippen molar-refractivity contribution in [1.29, 1.82) is 0 Å². The van der Waals surface area contributed by atoms with E-state index in [1.807, 2.05) is 0 Å². The normalized spacial score (nSPS) is 11.6. The van der Waals surface area contributed by atoms with Crippen LogP contribution in [0.4, 0.5) is 17.6 Å². The van der Waals surface area contributed by atoms with Crippen LogP contribution in [0.2, 0.25) is 5.02 Å². The van der Waals surface area contributed by atoms with Gasteiger partial charge >= 0.3 is 80.9 Å². The molecule has 94 valence electrons. The predicted octanol–water partition coefficient (Wildman–Crippen LogP) is -1.30. The van der Waals surface area contributed by atoms with Gasteiger partial charge in [-0.15, -0.1) is 0 Å². The van der Waals surface area contributed by atoms with Crippen molar-refractivity contribution in [1.82, 2.24) is 0 Å². The predicted molar refractivity (Wildman–Crippen MR) is 47.0 cm³/mol. The number of alkyl halides is 4. The molecule has 1 aromatic carbocycles. The molecule has 0 amide bonds. The zero-order chi connectivity index (χ0) is 13.3. The quantitative estimate of drug-likeness (QED) is 0.587. The molecule has 0 N–H and O–H groups in total. The van der Waals surface area contributed by atoms with Crippen molar-refractivity contribution in [2.75, 3.05) is 0 Å². The fraction of sp³-hybridized carbons (Fsp3) is 0.222. The Morgan fingerprint density at radius 1 is 1.17 bits per heavy atom. The van der Waals surface area contributed by atoms with Gasteiger partial charge in [-0.05, 0) is 24.3 Å². The average molecular weight is 404 g/mol. The number of carbonyl (C=O) groups is 1. The second-order valence-electron chi connectivity index (χ2n) is 2.93. The maximum absolute atomic E-state index is 12.8. The SMILES string of the molecule is O=C([O-])C(F)(F)C(F)(F)Oc1ccc(Cl)cc1.[Cs+]. The minimum atomic E-state index is -5.44. The van der Waals surface area contributed by atoms with Crippen LogP contribution in [0.5, 0.6) is 5.75 Å². The Morgan fingerprint density at radius 2 is 1.61 bits per heavy atom. The average Bonchev–Trinajstić information content (AvgIpc) is 2.20. The Labute approximate surface area is 163 Å². The molecule has 9 heteroatoms. The van der Waals surface area contributed by atoms with Gasteiger partial charge in [0, 0.05) is 5.02 Å². The fourth-order valence-electron chi connectivity index (χ4n) is 0.834. The van der Waals surface area contributed by atoms with Crippen LogP contribution in [0.15, 0.2) is 24.3 Å². The monoisotopic (exact) mass is 404 g/mol. The number of carboxylic acids is 1. The van der Waals surface area contributed by atoms with Crippen molar-refractivity contribution < 1.29 is 101 Å². The van der Waals surface area contributed by atoms with E-state index in [0.717, 1.165) is 24.3 Å². The number of ether oxygens (including phenoxy) is 1. The molecule has 0 aliphatic rings. The van der Waals surface area contributed by atoms with Gasteiger partial charge in [-0.3, -0.25) is 0 Å². The van der Waals surface area contributed by atoms with E-state index < -0.39 is 23.7 Å². The number of hydrogen-bond acceptors (Lipinski definition) is 3. The van der Waals surface area contributed by atoms with E-state index in [0.29, 0.717) is 0 Å². The van der Waals surface area contributed by atoms with Crippen molar-refractivity contribution in [2.45, 2.75) is 12.0 Å². The van der Waals surface area contributed by atoms with Crippen LogP contribution >= 0.6 is 11.6 Å². The molecule has 0 fully saturated rings. The molecule has 18 heavy (non-hydrogen) atoms. The summed E-state index contributed by atoms with van der Waals surface area (Å²) in [6.45, 7) is 0. The van der Waals surface area contributed by atoms with Gasteiger partial charge < -0.3 is 14.6 Å². The summed E-state index contributed by atoms with van der Waals surface area (Å²) in [6, 6.07) is 4.01. The summed E-state index contributed by atoms with van der Waals surface area (Å²) in [6.07, 6.45) is -5.22. The largest absolute Gasteiger partial charge is 1.00 e. The molecule has 0 bridgehead atoms. The van der Waals surface area contributed by atoms with Crippen LogP contribution in [0.3, 0.4) is 0 Å². The van der Waals surface area contributed by atoms with Gasteiger partial charge in [0.1, 0.15) is 11.7 Å². The van der Waals surface area contributed by atoms with Crippen molar-refractivity contribution in [3.8, 4) is 5.75 Å². The maximum atomic E-state index is 12.8. The van der Waals surface area contributed by atoms with E-state index in [2.05, 4.69) is 4.74 Å². The Bertz CT molecular complexity index is 424. The number of rotatable bonds is 4. The first kappa shape index (κ1) is 18.6. The van der Waals surface area contributed by atoms with Crippen molar-refractivity contribution in [3.05, 3.63) is 29.3 Å². The van der Waals surface area contributed by atoms with Gasteiger partial charge in [0.2, 0.25) is 0 Å². The van der Waals surface area contributed by atoms with Crippen LogP contribution in [0.1, 0.15) is 0 Å². The fourth-order valence-corrected chi connectivity index (χ4v) is 0.960. The Hall–Kier alpha value is 0.552. The van der Waals surface area contributed by atoms with E-state index in [-0.39, 0.29) is 73.9 Å². The Morgan fingerprint density at radius 3 is 2.00 bits per heavy atom. The number of aliphatic carboxylic acids is 1. The molecule has 0 radical (unpaired) electrons. The third-order valence-electron chi connectivity index (χ3n) is 1.68. The molecular formula is C9H4ClCsF4O3. The maximum Gasteiger partial charge on any atom is 1.00 e. The first-order valence-corrected chi connectivity index (χ1v) is 4.46. The second kappa shape index (κ2) is 6.82. The summed E-state index contributed by atoms with van der Waals surface area (Å²) >= 11 is 5.43. The molecule has 0 saturated heterocycles. The van der Waals surface area contributed by atoms with E-state index in [1.54, 1.807) is 0 Å². The Kier molecular flexibility index (Phi) is 7.03. The molecule has 0 atom stereocenters.